The highest BCUT2D eigenvalue weighted by Crippen LogP contribution is 2.49. The van der Waals surface area contributed by atoms with E-state index in [1.165, 1.54) is 11.3 Å². The minimum absolute atomic E-state index is 0.217. The van der Waals surface area contributed by atoms with Crippen LogP contribution in [-0.4, -0.2) is 15.0 Å². The smallest absolute Gasteiger partial charge is 0.242 e. The Morgan fingerprint density at radius 1 is 1.47 bits per heavy atom. The molecule has 0 spiro atoms. The highest BCUT2D eigenvalue weighted by molar-refractivity contribution is 7.89. The van der Waals surface area contributed by atoms with Crippen LogP contribution in [0.4, 0.5) is 0 Å². The van der Waals surface area contributed by atoms with Gasteiger partial charge in [-0.2, -0.15) is 0 Å². The van der Waals surface area contributed by atoms with Crippen LogP contribution in [0.3, 0.4) is 0 Å². The number of rotatable bonds is 7. The van der Waals surface area contributed by atoms with Crippen LogP contribution in [0, 0.1) is 12.3 Å². The number of hydrogen-bond acceptors (Lipinski definition) is 4. The highest BCUT2D eigenvalue weighted by Gasteiger charge is 2.42. The maximum atomic E-state index is 12.4. The van der Waals surface area contributed by atoms with E-state index in [4.69, 9.17) is 5.73 Å². The average Bonchev–Trinajstić information content (AvgIpc) is 3.02. The molecule has 2 rings (SSSR count). The van der Waals surface area contributed by atoms with Gasteiger partial charge in [-0.1, -0.05) is 13.3 Å². The third-order valence-electron chi connectivity index (χ3n) is 3.82. The van der Waals surface area contributed by atoms with Crippen LogP contribution in [0.25, 0.3) is 0 Å². The largest absolute Gasteiger partial charge is 0.326 e. The van der Waals surface area contributed by atoms with Gasteiger partial charge < -0.3 is 5.73 Å². The third-order valence-corrected chi connectivity index (χ3v) is 6.70. The first kappa shape index (κ1) is 15.0. The molecule has 0 aromatic carbocycles. The molecule has 0 saturated heterocycles. The molecule has 0 radical (unpaired) electrons. The molecule has 6 heteroatoms. The van der Waals surface area contributed by atoms with E-state index >= 15 is 0 Å². The number of nitrogens with one attached hydrogen (secondary N) is 1. The minimum Gasteiger partial charge on any atom is -0.326 e. The van der Waals surface area contributed by atoms with Gasteiger partial charge in [-0.25, -0.2) is 13.1 Å². The van der Waals surface area contributed by atoms with Gasteiger partial charge in [0.1, 0.15) is 4.90 Å². The predicted octanol–water partition coefficient (Wildman–Crippen LogP) is 2.37. The molecular weight excluding hydrogens is 280 g/mol. The molecule has 1 aliphatic carbocycles. The average molecular weight is 302 g/mol. The lowest BCUT2D eigenvalue weighted by Gasteiger charge is -2.15. The number of hydrogen-bond donors (Lipinski definition) is 2. The Bertz CT molecular complexity index is 545. The Morgan fingerprint density at radius 2 is 2.16 bits per heavy atom. The molecule has 1 fully saturated rings. The van der Waals surface area contributed by atoms with E-state index in [0.29, 0.717) is 11.4 Å². The highest BCUT2D eigenvalue weighted by atomic mass is 32.2. The Balaban J connectivity index is 2.12. The fourth-order valence-electron chi connectivity index (χ4n) is 2.53. The molecule has 0 atom stereocenters. The molecule has 4 nitrogen and oxygen atoms in total. The Kier molecular flexibility index (Phi) is 4.35. The molecule has 0 unspecified atom stereocenters. The Hall–Kier alpha value is -0.430. The van der Waals surface area contributed by atoms with E-state index in [1.54, 1.807) is 0 Å². The lowest BCUT2D eigenvalue weighted by atomic mass is 10.0. The summed E-state index contributed by atoms with van der Waals surface area (Å²) in [5.74, 6) is 0. The summed E-state index contributed by atoms with van der Waals surface area (Å²) >= 11 is 1.42. The molecule has 19 heavy (non-hydrogen) atoms. The molecule has 3 N–H and O–H groups in total. The fraction of sp³-hybridized carbons (Fsp3) is 0.692. The maximum absolute atomic E-state index is 12.4. The molecule has 1 aliphatic rings. The molecule has 1 saturated carbocycles. The van der Waals surface area contributed by atoms with E-state index in [1.807, 2.05) is 12.3 Å². The van der Waals surface area contributed by atoms with Crippen LogP contribution in [0.2, 0.25) is 0 Å². The molecule has 108 valence electrons. The van der Waals surface area contributed by atoms with Gasteiger partial charge in [0, 0.05) is 18.0 Å². The topological polar surface area (TPSA) is 72.2 Å². The van der Waals surface area contributed by atoms with Gasteiger partial charge in [-0.3, -0.25) is 0 Å². The zero-order chi connectivity index (χ0) is 14.1. The Labute approximate surface area is 119 Å². The SMILES string of the molecule is CCCC1(CNS(=O)(=O)c2c(C)csc2CN)CC1. The van der Waals surface area contributed by atoms with Gasteiger partial charge in [-0.05, 0) is 42.5 Å². The van der Waals surface area contributed by atoms with Gasteiger partial charge in [-0.15, -0.1) is 11.3 Å². The number of aryl methyl sites for hydroxylation is 1. The van der Waals surface area contributed by atoms with Crippen molar-refractivity contribution in [3.63, 3.8) is 0 Å². The first-order valence-electron chi connectivity index (χ1n) is 6.71. The van der Waals surface area contributed by atoms with Crippen molar-refractivity contribution < 1.29 is 8.42 Å². The van der Waals surface area contributed by atoms with Crippen molar-refractivity contribution in [2.45, 2.75) is 51.0 Å². The van der Waals surface area contributed by atoms with E-state index < -0.39 is 10.0 Å². The van der Waals surface area contributed by atoms with Gasteiger partial charge in [0.25, 0.3) is 0 Å². The van der Waals surface area contributed by atoms with Gasteiger partial charge in [0.2, 0.25) is 10.0 Å². The van der Waals surface area contributed by atoms with E-state index in [9.17, 15) is 8.42 Å². The van der Waals surface area contributed by atoms with Crippen molar-refractivity contribution in [3.8, 4) is 0 Å². The van der Waals surface area contributed by atoms with Crippen LogP contribution in [0.1, 0.15) is 43.0 Å². The van der Waals surface area contributed by atoms with Crippen molar-refractivity contribution in [2.24, 2.45) is 11.1 Å². The van der Waals surface area contributed by atoms with Crippen LogP contribution in [0.5, 0.6) is 0 Å². The summed E-state index contributed by atoms with van der Waals surface area (Å²) < 4.78 is 27.6. The predicted molar refractivity (Wildman–Crippen MR) is 78.7 cm³/mol. The first-order valence-corrected chi connectivity index (χ1v) is 9.07. The van der Waals surface area contributed by atoms with Crippen molar-refractivity contribution in [3.05, 3.63) is 15.8 Å². The summed E-state index contributed by atoms with van der Waals surface area (Å²) in [4.78, 5) is 1.14. The zero-order valence-electron chi connectivity index (χ0n) is 11.5. The molecule has 0 bridgehead atoms. The summed E-state index contributed by atoms with van der Waals surface area (Å²) in [6, 6.07) is 0. The minimum atomic E-state index is -3.42. The summed E-state index contributed by atoms with van der Waals surface area (Å²) in [7, 11) is -3.42. The molecule has 1 heterocycles. The third kappa shape index (κ3) is 3.18. The monoisotopic (exact) mass is 302 g/mol. The van der Waals surface area contributed by atoms with E-state index in [2.05, 4.69) is 11.6 Å². The molecule has 1 aromatic rings. The normalized spacial score (nSPS) is 17.6. The quantitative estimate of drug-likeness (QED) is 0.812. The fourth-order valence-corrected chi connectivity index (χ4v) is 5.39. The summed E-state index contributed by atoms with van der Waals surface area (Å²) in [6.07, 6.45) is 4.47. The Morgan fingerprint density at radius 3 is 2.68 bits per heavy atom. The van der Waals surface area contributed by atoms with Gasteiger partial charge >= 0.3 is 0 Å². The number of sulfonamides is 1. The number of thiophene rings is 1. The number of nitrogens with two attached hydrogens (primary N) is 1. The van der Waals surface area contributed by atoms with Crippen LogP contribution >= 0.6 is 11.3 Å². The second kappa shape index (κ2) is 5.52. The van der Waals surface area contributed by atoms with Crippen LogP contribution in [0.15, 0.2) is 10.3 Å². The van der Waals surface area contributed by atoms with Crippen LogP contribution in [-0.2, 0) is 16.6 Å². The van der Waals surface area contributed by atoms with Gasteiger partial charge in [0.05, 0.1) is 0 Å². The van der Waals surface area contributed by atoms with E-state index in [-0.39, 0.29) is 12.0 Å². The van der Waals surface area contributed by atoms with Crippen LogP contribution < -0.4 is 10.5 Å². The molecular formula is C13H22N2O2S2. The molecule has 0 aliphatic heterocycles. The molecule has 0 amide bonds. The first-order chi connectivity index (χ1) is 8.94. The second-order valence-electron chi connectivity index (χ2n) is 5.45. The summed E-state index contributed by atoms with van der Waals surface area (Å²) in [6.45, 7) is 4.80. The van der Waals surface area contributed by atoms with Crippen molar-refractivity contribution in [1.29, 1.82) is 0 Å². The standard InChI is InChI=1S/C13H22N2O2S2/c1-3-4-13(5-6-13)9-15-19(16,17)12-10(2)8-18-11(12)7-14/h8,15H,3-7,9,14H2,1-2H3. The lowest BCUT2D eigenvalue weighted by molar-refractivity contribution is 0.449. The zero-order valence-corrected chi connectivity index (χ0v) is 13.2. The van der Waals surface area contributed by atoms with Crippen molar-refractivity contribution in [1.82, 2.24) is 4.72 Å². The molecule has 1 aromatic heterocycles. The second-order valence-corrected chi connectivity index (χ2v) is 8.12. The maximum Gasteiger partial charge on any atom is 0.242 e. The summed E-state index contributed by atoms with van der Waals surface area (Å²) in [5.41, 5.74) is 6.63. The lowest BCUT2D eigenvalue weighted by Crippen LogP contribution is -2.31. The van der Waals surface area contributed by atoms with Crippen molar-refractivity contribution >= 4 is 21.4 Å². The van der Waals surface area contributed by atoms with Crippen molar-refractivity contribution in [2.75, 3.05) is 6.54 Å². The summed E-state index contributed by atoms with van der Waals surface area (Å²) in [5, 5.41) is 1.86. The van der Waals surface area contributed by atoms with E-state index in [0.717, 1.165) is 36.1 Å². The van der Waals surface area contributed by atoms with Gasteiger partial charge in [0.15, 0.2) is 0 Å².